The predicted octanol–water partition coefficient (Wildman–Crippen LogP) is 2.87. The number of nitrogens with one attached hydrogen (secondary N) is 1. The Hall–Kier alpha value is -1.69. The van der Waals surface area contributed by atoms with E-state index in [0.29, 0.717) is 16.0 Å². The fourth-order valence-corrected chi connectivity index (χ4v) is 1.86. The standard InChI is InChI=1S/C12H13BrN4O/c1-8(2)17-7-5-10(16-17)15-12(18)9-4-3-6-14-11(9)13/h3-8H,1-2H3,(H,15,16,18). The van der Waals surface area contributed by atoms with Crippen molar-refractivity contribution in [1.82, 2.24) is 14.8 Å². The lowest BCUT2D eigenvalue weighted by Gasteiger charge is -2.05. The molecule has 0 bridgehead atoms. The van der Waals surface area contributed by atoms with Crippen LogP contribution in [0.5, 0.6) is 0 Å². The zero-order valence-corrected chi connectivity index (χ0v) is 11.7. The van der Waals surface area contributed by atoms with Gasteiger partial charge in [0.05, 0.1) is 5.56 Å². The van der Waals surface area contributed by atoms with Gasteiger partial charge in [-0.25, -0.2) is 4.98 Å². The third kappa shape index (κ3) is 2.76. The van der Waals surface area contributed by atoms with Gasteiger partial charge >= 0.3 is 0 Å². The highest BCUT2D eigenvalue weighted by atomic mass is 79.9. The smallest absolute Gasteiger partial charge is 0.259 e. The summed E-state index contributed by atoms with van der Waals surface area (Å²) in [5.74, 6) is 0.299. The molecule has 1 amide bonds. The average molecular weight is 309 g/mol. The number of rotatable bonds is 3. The molecular weight excluding hydrogens is 296 g/mol. The molecule has 0 unspecified atom stereocenters. The number of hydrogen-bond donors (Lipinski definition) is 1. The van der Waals surface area contributed by atoms with Gasteiger partial charge in [0.1, 0.15) is 4.60 Å². The van der Waals surface area contributed by atoms with Crippen molar-refractivity contribution in [2.75, 3.05) is 5.32 Å². The zero-order valence-electron chi connectivity index (χ0n) is 10.1. The van der Waals surface area contributed by atoms with Crippen LogP contribution in [0.25, 0.3) is 0 Å². The fraction of sp³-hybridized carbons (Fsp3) is 0.250. The van der Waals surface area contributed by atoms with Gasteiger partial charge in [-0.1, -0.05) is 0 Å². The van der Waals surface area contributed by atoms with Crippen molar-refractivity contribution in [3.8, 4) is 0 Å². The van der Waals surface area contributed by atoms with E-state index in [1.54, 1.807) is 29.1 Å². The number of anilines is 1. The topological polar surface area (TPSA) is 59.8 Å². The molecule has 2 heterocycles. The van der Waals surface area contributed by atoms with Crippen LogP contribution in [0.1, 0.15) is 30.2 Å². The van der Waals surface area contributed by atoms with E-state index in [1.807, 2.05) is 20.0 Å². The minimum atomic E-state index is -0.232. The highest BCUT2D eigenvalue weighted by Crippen LogP contribution is 2.15. The Balaban J connectivity index is 2.14. The summed E-state index contributed by atoms with van der Waals surface area (Å²) in [5.41, 5.74) is 0.483. The first-order chi connectivity index (χ1) is 8.58. The first-order valence-electron chi connectivity index (χ1n) is 5.55. The first-order valence-corrected chi connectivity index (χ1v) is 6.34. The Kier molecular flexibility index (Phi) is 3.76. The molecule has 94 valence electrons. The molecule has 18 heavy (non-hydrogen) atoms. The van der Waals surface area contributed by atoms with E-state index in [2.05, 4.69) is 31.3 Å². The summed E-state index contributed by atoms with van der Waals surface area (Å²) in [6, 6.07) is 5.45. The van der Waals surface area contributed by atoms with Crippen molar-refractivity contribution in [3.63, 3.8) is 0 Å². The van der Waals surface area contributed by atoms with Crippen molar-refractivity contribution < 1.29 is 4.79 Å². The maximum absolute atomic E-state index is 12.0. The number of aromatic nitrogens is 3. The molecule has 5 nitrogen and oxygen atoms in total. The van der Waals surface area contributed by atoms with Gasteiger partial charge in [0.25, 0.3) is 5.91 Å². The molecule has 2 rings (SSSR count). The van der Waals surface area contributed by atoms with Gasteiger partial charge in [-0.15, -0.1) is 0 Å². The molecule has 0 spiro atoms. The van der Waals surface area contributed by atoms with Crippen LogP contribution in [0, 0.1) is 0 Å². The lowest BCUT2D eigenvalue weighted by atomic mass is 10.3. The molecule has 6 heteroatoms. The molecule has 0 saturated carbocycles. The van der Waals surface area contributed by atoms with E-state index < -0.39 is 0 Å². The Morgan fingerprint density at radius 1 is 1.44 bits per heavy atom. The van der Waals surface area contributed by atoms with Crippen molar-refractivity contribution in [1.29, 1.82) is 0 Å². The van der Waals surface area contributed by atoms with Crippen LogP contribution in [0.15, 0.2) is 35.2 Å². The van der Waals surface area contributed by atoms with Crippen LogP contribution in [0.2, 0.25) is 0 Å². The number of carbonyl (C=O) groups excluding carboxylic acids is 1. The van der Waals surface area contributed by atoms with Gasteiger partial charge < -0.3 is 5.32 Å². The van der Waals surface area contributed by atoms with Crippen molar-refractivity contribution >= 4 is 27.7 Å². The maximum atomic E-state index is 12.0. The Morgan fingerprint density at radius 3 is 2.83 bits per heavy atom. The van der Waals surface area contributed by atoms with Gasteiger partial charge in [-0.05, 0) is 41.9 Å². The van der Waals surface area contributed by atoms with Crippen LogP contribution >= 0.6 is 15.9 Å². The van der Waals surface area contributed by atoms with E-state index in [-0.39, 0.29) is 11.9 Å². The lowest BCUT2D eigenvalue weighted by Crippen LogP contribution is -2.14. The van der Waals surface area contributed by atoms with Crippen molar-refractivity contribution in [3.05, 3.63) is 40.8 Å². The molecule has 0 aromatic carbocycles. The summed E-state index contributed by atoms with van der Waals surface area (Å²) < 4.78 is 2.30. The predicted molar refractivity (Wildman–Crippen MR) is 72.5 cm³/mol. The minimum absolute atomic E-state index is 0.232. The van der Waals surface area contributed by atoms with E-state index in [1.165, 1.54) is 0 Å². The van der Waals surface area contributed by atoms with Gasteiger partial charge in [0, 0.05) is 24.5 Å². The lowest BCUT2D eigenvalue weighted by molar-refractivity contribution is 0.102. The third-order valence-electron chi connectivity index (χ3n) is 2.38. The van der Waals surface area contributed by atoms with Gasteiger partial charge in [-0.3, -0.25) is 9.48 Å². The second-order valence-electron chi connectivity index (χ2n) is 4.07. The summed E-state index contributed by atoms with van der Waals surface area (Å²) in [4.78, 5) is 16.0. The van der Waals surface area contributed by atoms with Crippen molar-refractivity contribution in [2.45, 2.75) is 19.9 Å². The SMILES string of the molecule is CC(C)n1ccc(NC(=O)c2cccnc2Br)n1. The molecule has 2 aromatic rings. The molecule has 0 aliphatic rings. The summed E-state index contributed by atoms with van der Waals surface area (Å²) in [6.45, 7) is 4.05. The molecule has 0 atom stereocenters. The maximum Gasteiger partial charge on any atom is 0.259 e. The summed E-state index contributed by atoms with van der Waals surface area (Å²) >= 11 is 3.24. The van der Waals surface area contributed by atoms with E-state index in [0.717, 1.165) is 0 Å². The van der Waals surface area contributed by atoms with E-state index >= 15 is 0 Å². The summed E-state index contributed by atoms with van der Waals surface area (Å²) in [7, 11) is 0. The monoisotopic (exact) mass is 308 g/mol. The highest BCUT2D eigenvalue weighted by molar-refractivity contribution is 9.10. The van der Waals surface area contributed by atoms with E-state index in [9.17, 15) is 4.79 Å². The van der Waals surface area contributed by atoms with Gasteiger partial charge in [-0.2, -0.15) is 5.10 Å². The quantitative estimate of drug-likeness (QED) is 0.887. The number of nitrogens with zero attached hydrogens (tertiary/aromatic N) is 3. The molecule has 2 aromatic heterocycles. The summed E-state index contributed by atoms with van der Waals surface area (Å²) in [6.07, 6.45) is 3.45. The van der Waals surface area contributed by atoms with Crippen LogP contribution in [-0.2, 0) is 0 Å². The second kappa shape index (κ2) is 5.30. The fourth-order valence-electron chi connectivity index (χ4n) is 1.43. The Morgan fingerprint density at radius 2 is 2.22 bits per heavy atom. The average Bonchev–Trinajstić information content (AvgIpc) is 2.78. The highest BCUT2D eigenvalue weighted by Gasteiger charge is 2.12. The van der Waals surface area contributed by atoms with E-state index in [4.69, 9.17) is 0 Å². The molecule has 0 aliphatic carbocycles. The molecule has 0 fully saturated rings. The molecule has 0 radical (unpaired) electrons. The van der Waals surface area contributed by atoms with Crippen molar-refractivity contribution in [2.24, 2.45) is 0 Å². The molecule has 0 saturated heterocycles. The molecule has 0 aliphatic heterocycles. The first kappa shape index (κ1) is 12.8. The zero-order chi connectivity index (χ0) is 13.1. The summed E-state index contributed by atoms with van der Waals surface area (Å²) in [5, 5.41) is 6.99. The third-order valence-corrected chi connectivity index (χ3v) is 3.01. The van der Waals surface area contributed by atoms with Crippen LogP contribution in [0.3, 0.4) is 0 Å². The largest absolute Gasteiger partial charge is 0.305 e. The Labute approximate surface area is 113 Å². The number of pyridine rings is 1. The Bertz CT molecular complexity index is 565. The number of halogens is 1. The second-order valence-corrected chi connectivity index (χ2v) is 4.82. The normalized spacial score (nSPS) is 10.7. The van der Waals surface area contributed by atoms with Crippen LogP contribution in [0.4, 0.5) is 5.82 Å². The number of amides is 1. The molecular formula is C12H13BrN4O. The number of carbonyl (C=O) groups is 1. The van der Waals surface area contributed by atoms with Crippen LogP contribution < -0.4 is 5.32 Å². The van der Waals surface area contributed by atoms with Crippen LogP contribution in [-0.4, -0.2) is 20.7 Å². The molecule has 1 N–H and O–H groups in total. The van der Waals surface area contributed by atoms with Gasteiger partial charge in [0.15, 0.2) is 5.82 Å². The minimum Gasteiger partial charge on any atom is -0.305 e. The number of hydrogen-bond acceptors (Lipinski definition) is 3. The van der Waals surface area contributed by atoms with Gasteiger partial charge in [0.2, 0.25) is 0 Å².